The fraction of sp³-hybridized carbons (Fsp3) is 0.294. The van der Waals surface area contributed by atoms with E-state index in [9.17, 15) is 9.90 Å². The van der Waals surface area contributed by atoms with E-state index in [-0.39, 0.29) is 13.2 Å². The lowest BCUT2D eigenvalue weighted by Crippen LogP contribution is -2.24. The molecule has 1 heterocycles. The summed E-state index contributed by atoms with van der Waals surface area (Å²) in [6.07, 6.45) is -1.03. The van der Waals surface area contributed by atoms with Crippen LogP contribution in [0.15, 0.2) is 42.5 Å². The van der Waals surface area contributed by atoms with E-state index in [0.29, 0.717) is 0 Å². The van der Waals surface area contributed by atoms with Crippen LogP contribution in [-0.4, -0.2) is 16.2 Å². The SMILES string of the molecule is Cc1nc(CNC(=O)OCc2ccccc2)ccc1C(C)O. The van der Waals surface area contributed by atoms with E-state index in [1.807, 2.05) is 43.3 Å². The Morgan fingerprint density at radius 1 is 1.27 bits per heavy atom. The van der Waals surface area contributed by atoms with Gasteiger partial charge in [0.1, 0.15) is 6.61 Å². The normalized spacial score (nSPS) is 11.8. The number of aryl methyl sites for hydroxylation is 1. The summed E-state index contributed by atoms with van der Waals surface area (Å²) in [7, 11) is 0. The highest BCUT2D eigenvalue weighted by atomic mass is 16.5. The average Bonchev–Trinajstić information content (AvgIpc) is 2.51. The fourth-order valence-corrected chi connectivity index (χ4v) is 2.10. The van der Waals surface area contributed by atoms with Gasteiger partial charge in [-0.05, 0) is 25.5 Å². The first-order chi connectivity index (χ1) is 10.6. The van der Waals surface area contributed by atoms with Crippen molar-refractivity contribution in [2.45, 2.75) is 33.1 Å². The molecule has 2 N–H and O–H groups in total. The highest BCUT2D eigenvalue weighted by molar-refractivity contribution is 5.67. The largest absolute Gasteiger partial charge is 0.445 e. The van der Waals surface area contributed by atoms with Crippen molar-refractivity contribution >= 4 is 6.09 Å². The molecule has 0 saturated carbocycles. The summed E-state index contributed by atoms with van der Waals surface area (Å²) in [5.41, 5.74) is 3.20. The summed E-state index contributed by atoms with van der Waals surface area (Å²) in [6.45, 7) is 4.05. The second kappa shape index (κ2) is 7.56. The summed E-state index contributed by atoms with van der Waals surface area (Å²) in [6, 6.07) is 13.1. The van der Waals surface area contributed by atoms with Gasteiger partial charge in [0, 0.05) is 11.3 Å². The van der Waals surface area contributed by atoms with Gasteiger partial charge in [0.2, 0.25) is 0 Å². The van der Waals surface area contributed by atoms with Crippen LogP contribution in [0.5, 0.6) is 0 Å². The number of carbonyl (C=O) groups is 1. The zero-order valence-electron chi connectivity index (χ0n) is 12.7. The maximum atomic E-state index is 11.6. The highest BCUT2D eigenvalue weighted by Gasteiger charge is 2.08. The lowest BCUT2D eigenvalue weighted by atomic mass is 10.1. The van der Waals surface area contributed by atoms with E-state index >= 15 is 0 Å². The van der Waals surface area contributed by atoms with E-state index in [1.165, 1.54) is 0 Å². The quantitative estimate of drug-likeness (QED) is 0.890. The minimum Gasteiger partial charge on any atom is -0.445 e. The van der Waals surface area contributed by atoms with Gasteiger partial charge < -0.3 is 15.2 Å². The summed E-state index contributed by atoms with van der Waals surface area (Å²) >= 11 is 0. The van der Waals surface area contributed by atoms with Gasteiger partial charge in [0.25, 0.3) is 0 Å². The van der Waals surface area contributed by atoms with Crippen molar-refractivity contribution in [1.29, 1.82) is 0 Å². The van der Waals surface area contributed by atoms with Gasteiger partial charge >= 0.3 is 6.09 Å². The molecule has 1 aromatic carbocycles. The highest BCUT2D eigenvalue weighted by Crippen LogP contribution is 2.15. The zero-order valence-corrected chi connectivity index (χ0v) is 12.7. The van der Waals surface area contributed by atoms with Crippen LogP contribution in [0.1, 0.15) is 35.5 Å². The molecule has 1 aromatic heterocycles. The van der Waals surface area contributed by atoms with E-state index in [1.54, 1.807) is 13.0 Å². The summed E-state index contributed by atoms with van der Waals surface area (Å²) < 4.78 is 5.12. The Labute approximate surface area is 130 Å². The molecular formula is C17H20N2O3. The van der Waals surface area contributed by atoms with Crippen LogP contribution in [0.25, 0.3) is 0 Å². The number of nitrogens with zero attached hydrogens (tertiary/aromatic N) is 1. The standard InChI is InChI=1S/C17H20N2O3/c1-12-16(13(2)20)9-8-15(19-12)10-18-17(21)22-11-14-6-4-3-5-7-14/h3-9,13,20H,10-11H2,1-2H3,(H,18,21). The predicted octanol–water partition coefficient (Wildman–Crippen LogP) is 2.87. The van der Waals surface area contributed by atoms with Crippen LogP contribution < -0.4 is 5.32 Å². The average molecular weight is 300 g/mol. The van der Waals surface area contributed by atoms with Crippen molar-refractivity contribution in [1.82, 2.24) is 10.3 Å². The molecule has 0 fully saturated rings. The summed E-state index contributed by atoms with van der Waals surface area (Å²) in [4.78, 5) is 16.0. The van der Waals surface area contributed by atoms with Crippen molar-refractivity contribution < 1.29 is 14.6 Å². The van der Waals surface area contributed by atoms with Crippen LogP contribution in [0, 0.1) is 6.92 Å². The molecule has 22 heavy (non-hydrogen) atoms. The van der Waals surface area contributed by atoms with Crippen molar-refractivity contribution in [2.75, 3.05) is 0 Å². The number of alkyl carbamates (subject to hydrolysis) is 1. The van der Waals surface area contributed by atoms with Crippen LogP contribution in [0.3, 0.4) is 0 Å². The molecule has 0 bridgehead atoms. The predicted molar refractivity (Wildman–Crippen MR) is 83.1 cm³/mol. The Balaban J connectivity index is 1.82. The molecule has 1 unspecified atom stereocenters. The number of benzene rings is 1. The second-order valence-electron chi connectivity index (χ2n) is 5.07. The van der Waals surface area contributed by atoms with Crippen molar-refractivity contribution in [2.24, 2.45) is 0 Å². The van der Waals surface area contributed by atoms with E-state index in [0.717, 1.165) is 22.5 Å². The maximum absolute atomic E-state index is 11.6. The second-order valence-corrected chi connectivity index (χ2v) is 5.07. The Hall–Kier alpha value is -2.40. The molecule has 2 rings (SSSR count). The number of carbonyl (C=O) groups excluding carboxylic acids is 1. The van der Waals surface area contributed by atoms with Crippen LogP contribution in [-0.2, 0) is 17.9 Å². The Kier molecular flexibility index (Phi) is 5.49. The molecule has 0 aliphatic rings. The van der Waals surface area contributed by atoms with Crippen LogP contribution in [0.2, 0.25) is 0 Å². The van der Waals surface area contributed by atoms with Gasteiger partial charge in [0.15, 0.2) is 0 Å². The number of nitrogens with one attached hydrogen (secondary N) is 1. The van der Waals surface area contributed by atoms with Crippen LogP contribution >= 0.6 is 0 Å². The Morgan fingerprint density at radius 3 is 2.64 bits per heavy atom. The molecule has 0 aliphatic heterocycles. The lowest BCUT2D eigenvalue weighted by molar-refractivity contribution is 0.139. The minimum absolute atomic E-state index is 0.236. The summed E-state index contributed by atoms with van der Waals surface area (Å²) in [5.74, 6) is 0. The molecule has 116 valence electrons. The molecule has 0 radical (unpaired) electrons. The lowest BCUT2D eigenvalue weighted by Gasteiger charge is -2.11. The van der Waals surface area contributed by atoms with Crippen molar-refractivity contribution in [3.63, 3.8) is 0 Å². The van der Waals surface area contributed by atoms with Gasteiger partial charge in [-0.3, -0.25) is 4.98 Å². The third kappa shape index (κ3) is 4.56. The third-order valence-electron chi connectivity index (χ3n) is 3.26. The smallest absolute Gasteiger partial charge is 0.407 e. The third-order valence-corrected chi connectivity index (χ3v) is 3.26. The first kappa shape index (κ1) is 16.0. The zero-order chi connectivity index (χ0) is 15.9. The maximum Gasteiger partial charge on any atom is 0.407 e. The first-order valence-electron chi connectivity index (χ1n) is 7.15. The molecule has 1 amide bonds. The van der Waals surface area contributed by atoms with Crippen molar-refractivity contribution in [3.05, 3.63) is 65.0 Å². The Morgan fingerprint density at radius 2 is 2.00 bits per heavy atom. The van der Waals surface area contributed by atoms with Gasteiger partial charge in [0.05, 0.1) is 18.3 Å². The van der Waals surface area contributed by atoms with Gasteiger partial charge in [-0.25, -0.2) is 4.79 Å². The number of aromatic nitrogens is 1. The summed E-state index contributed by atoms with van der Waals surface area (Å²) in [5, 5.41) is 12.2. The molecule has 1 atom stereocenters. The Bertz CT molecular complexity index is 627. The van der Waals surface area contributed by atoms with Gasteiger partial charge in [-0.2, -0.15) is 0 Å². The van der Waals surface area contributed by atoms with E-state index < -0.39 is 12.2 Å². The van der Waals surface area contributed by atoms with Crippen LogP contribution in [0.4, 0.5) is 4.79 Å². The number of aliphatic hydroxyl groups is 1. The molecule has 5 nitrogen and oxygen atoms in total. The van der Waals surface area contributed by atoms with Gasteiger partial charge in [-0.15, -0.1) is 0 Å². The van der Waals surface area contributed by atoms with E-state index in [4.69, 9.17) is 4.74 Å². The number of hydrogen-bond acceptors (Lipinski definition) is 4. The molecule has 5 heteroatoms. The van der Waals surface area contributed by atoms with E-state index in [2.05, 4.69) is 10.3 Å². The molecule has 2 aromatic rings. The first-order valence-corrected chi connectivity index (χ1v) is 7.15. The van der Waals surface area contributed by atoms with Crippen molar-refractivity contribution in [3.8, 4) is 0 Å². The number of pyridine rings is 1. The number of rotatable bonds is 5. The number of hydrogen-bond donors (Lipinski definition) is 2. The number of ether oxygens (including phenoxy) is 1. The molecular weight excluding hydrogens is 280 g/mol. The number of aliphatic hydroxyl groups excluding tert-OH is 1. The minimum atomic E-state index is -0.551. The monoisotopic (exact) mass is 300 g/mol. The number of amides is 1. The molecule has 0 aliphatic carbocycles. The fourth-order valence-electron chi connectivity index (χ4n) is 2.10. The molecule has 0 saturated heterocycles. The molecule has 0 spiro atoms. The topological polar surface area (TPSA) is 71.5 Å². The van der Waals surface area contributed by atoms with Gasteiger partial charge in [-0.1, -0.05) is 36.4 Å².